The molecule has 1 aromatic rings. The minimum atomic E-state index is -0.0972. The molecule has 2 heterocycles. The van der Waals surface area contributed by atoms with E-state index in [2.05, 4.69) is 34.4 Å². The van der Waals surface area contributed by atoms with E-state index in [9.17, 15) is 4.79 Å². The first kappa shape index (κ1) is 16.8. The van der Waals surface area contributed by atoms with Crippen molar-refractivity contribution in [3.8, 4) is 0 Å². The molecule has 7 nitrogen and oxygen atoms in total. The maximum absolute atomic E-state index is 11.7. The molecule has 2 rings (SSSR count). The molecule has 0 saturated carbocycles. The minimum absolute atomic E-state index is 0.0972. The zero-order chi connectivity index (χ0) is 15.8. The fourth-order valence-electron chi connectivity index (χ4n) is 2.74. The van der Waals surface area contributed by atoms with Crippen LogP contribution >= 0.6 is 0 Å². The number of imidazole rings is 1. The maximum Gasteiger partial charge on any atom is 0.314 e. The molecule has 0 bridgehead atoms. The van der Waals surface area contributed by atoms with Gasteiger partial charge < -0.3 is 19.9 Å². The number of aryl methyl sites for hydroxylation is 1. The highest BCUT2D eigenvalue weighted by Crippen LogP contribution is 2.09. The summed E-state index contributed by atoms with van der Waals surface area (Å²) in [7, 11) is 0. The molecule has 7 heteroatoms. The summed E-state index contributed by atoms with van der Waals surface area (Å²) in [5.74, 6) is 0. The SMILES string of the molecule is CC1CN(CCNC(=O)NCCCn2ccnc2)CC(C)O1. The second kappa shape index (κ2) is 8.75. The van der Waals surface area contributed by atoms with Gasteiger partial charge in [-0.3, -0.25) is 4.90 Å². The molecule has 2 N–H and O–H groups in total. The summed E-state index contributed by atoms with van der Waals surface area (Å²) in [6.45, 7) is 9.08. The van der Waals surface area contributed by atoms with Crippen molar-refractivity contribution in [2.24, 2.45) is 0 Å². The highest BCUT2D eigenvalue weighted by atomic mass is 16.5. The van der Waals surface area contributed by atoms with E-state index >= 15 is 0 Å². The van der Waals surface area contributed by atoms with Crippen molar-refractivity contribution in [3.63, 3.8) is 0 Å². The maximum atomic E-state index is 11.7. The van der Waals surface area contributed by atoms with Crippen molar-refractivity contribution < 1.29 is 9.53 Å². The zero-order valence-electron chi connectivity index (χ0n) is 13.5. The lowest BCUT2D eigenvalue weighted by molar-refractivity contribution is -0.0672. The Bertz CT molecular complexity index is 427. The molecule has 1 fully saturated rings. The van der Waals surface area contributed by atoms with E-state index in [1.165, 1.54) is 0 Å². The monoisotopic (exact) mass is 309 g/mol. The Balaban J connectivity index is 1.50. The van der Waals surface area contributed by atoms with Crippen LogP contribution in [-0.4, -0.2) is 65.4 Å². The van der Waals surface area contributed by atoms with Gasteiger partial charge in [-0.25, -0.2) is 9.78 Å². The quantitative estimate of drug-likeness (QED) is 0.727. The molecule has 0 aliphatic carbocycles. The van der Waals surface area contributed by atoms with Crippen LogP contribution in [0.4, 0.5) is 4.79 Å². The number of rotatable bonds is 7. The number of amides is 2. The van der Waals surface area contributed by atoms with Crippen molar-refractivity contribution in [3.05, 3.63) is 18.7 Å². The number of hydrogen-bond acceptors (Lipinski definition) is 4. The fraction of sp³-hybridized carbons (Fsp3) is 0.733. The van der Waals surface area contributed by atoms with Gasteiger partial charge in [0.25, 0.3) is 0 Å². The summed E-state index contributed by atoms with van der Waals surface area (Å²) >= 11 is 0. The molecule has 1 aromatic heterocycles. The molecule has 0 aromatic carbocycles. The first-order chi connectivity index (χ1) is 10.6. The van der Waals surface area contributed by atoms with Crippen molar-refractivity contribution in [2.45, 2.75) is 39.0 Å². The van der Waals surface area contributed by atoms with E-state index in [0.717, 1.165) is 32.6 Å². The van der Waals surface area contributed by atoms with Crippen LogP contribution in [0.3, 0.4) is 0 Å². The van der Waals surface area contributed by atoms with E-state index in [4.69, 9.17) is 4.74 Å². The Morgan fingerprint density at radius 3 is 2.64 bits per heavy atom. The summed E-state index contributed by atoms with van der Waals surface area (Å²) in [5.41, 5.74) is 0. The van der Waals surface area contributed by atoms with Crippen molar-refractivity contribution in [2.75, 3.05) is 32.7 Å². The lowest BCUT2D eigenvalue weighted by Crippen LogP contribution is -2.48. The Labute approximate surface area is 132 Å². The number of ether oxygens (including phenoxy) is 1. The van der Waals surface area contributed by atoms with Crippen molar-refractivity contribution in [1.29, 1.82) is 0 Å². The van der Waals surface area contributed by atoms with Gasteiger partial charge in [-0.05, 0) is 20.3 Å². The van der Waals surface area contributed by atoms with Crippen LogP contribution in [0.1, 0.15) is 20.3 Å². The number of nitrogens with zero attached hydrogens (tertiary/aromatic N) is 3. The summed E-state index contributed by atoms with van der Waals surface area (Å²) < 4.78 is 7.69. The molecule has 2 atom stereocenters. The number of carbonyl (C=O) groups is 1. The van der Waals surface area contributed by atoms with Crippen LogP contribution in [0.2, 0.25) is 0 Å². The van der Waals surface area contributed by atoms with Crippen molar-refractivity contribution in [1.82, 2.24) is 25.1 Å². The summed E-state index contributed by atoms with van der Waals surface area (Å²) in [4.78, 5) is 18.0. The molecule has 22 heavy (non-hydrogen) atoms. The molecule has 1 aliphatic rings. The Hall–Kier alpha value is -1.60. The molecule has 2 unspecified atom stereocenters. The van der Waals surface area contributed by atoms with Gasteiger partial charge in [0.05, 0.1) is 18.5 Å². The summed E-state index contributed by atoms with van der Waals surface area (Å²) in [6.07, 6.45) is 6.88. The normalized spacial score (nSPS) is 22.5. The molecule has 1 aliphatic heterocycles. The molecule has 1 saturated heterocycles. The van der Waals surface area contributed by atoms with Gasteiger partial charge in [0.15, 0.2) is 0 Å². The Kier molecular flexibility index (Phi) is 6.67. The number of nitrogens with one attached hydrogen (secondary N) is 2. The number of hydrogen-bond donors (Lipinski definition) is 2. The van der Waals surface area contributed by atoms with Gasteiger partial charge >= 0.3 is 6.03 Å². The smallest absolute Gasteiger partial charge is 0.314 e. The van der Waals surface area contributed by atoms with Gasteiger partial charge in [-0.1, -0.05) is 0 Å². The average molecular weight is 309 g/mol. The number of urea groups is 1. The lowest BCUT2D eigenvalue weighted by atomic mass is 10.2. The minimum Gasteiger partial charge on any atom is -0.373 e. The van der Waals surface area contributed by atoms with Gasteiger partial charge in [0.2, 0.25) is 0 Å². The van der Waals surface area contributed by atoms with E-state index in [0.29, 0.717) is 13.1 Å². The summed E-state index contributed by atoms with van der Waals surface area (Å²) in [6, 6.07) is -0.0972. The first-order valence-electron chi connectivity index (χ1n) is 7.98. The number of aromatic nitrogens is 2. The van der Waals surface area contributed by atoms with Gasteiger partial charge in [0.1, 0.15) is 0 Å². The third kappa shape index (κ3) is 6.03. The summed E-state index contributed by atoms with van der Waals surface area (Å²) in [5, 5.41) is 5.78. The number of carbonyl (C=O) groups excluding carboxylic acids is 1. The van der Waals surface area contributed by atoms with Gasteiger partial charge in [-0.15, -0.1) is 0 Å². The largest absolute Gasteiger partial charge is 0.373 e. The third-order valence-corrected chi connectivity index (χ3v) is 3.65. The first-order valence-corrected chi connectivity index (χ1v) is 7.98. The van der Waals surface area contributed by atoms with Crippen LogP contribution in [0.25, 0.3) is 0 Å². The van der Waals surface area contributed by atoms with Crippen molar-refractivity contribution >= 4 is 6.03 Å². The predicted octanol–water partition coefficient (Wildman–Crippen LogP) is 0.682. The van der Waals surface area contributed by atoms with E-state index in [-0.39, 0.29) is 18.2 Å². The van der Waals surface area contributed by atoms with E-state index in [1.54, 1.807) is 12.5 Å². The second-order valence-electron chi connectivity index (χ2n) is 5.85. The molecule has 0 radical (unpaired) electrons. The zero-order valence-corrected chi connectivity index (χ0v) is 13.5. The fourth-order valence-corrected chi connectivity index (χ4v) is 2.74. The van der Waals surface area contributed by atoms with Crippen LogP contribution in [0, 0.1) is 0 Å². The lowest BCUT2D eigenvalue weighted by Gasteiger charge is -2.35. The van der Waals surface area contributed by atoms with Crippen LogP contribution < -0.4 is 10.6 Å². The third-order valence-electron chi connectivity index (χ3n) is 3.65. The Morgan fingerprint density at radius 2 is 1.95 bits per heavy atom. The molecule has 2 amide bonds. The van der Waals surface area contributed by atoms with E-state index < -0.39 is 0 Å². The average Bonchev–Trinajstić information content (AvgIpc) is 2.96. The highest BCUT2D eigenvalue weighted by Gasteiger charge is 2.21. The molecular formula is C15H27N5O2. The van der Waals surface area contributed by atoms with Gasteiger partial charge in [-0.2, -0.15) is 0 Å². The molecular weight excluding hydrogens is 282 g/mol. The molecule has 0 spiro atoms. The van der Waals surface area contributed by atoms with E-state index in [1.807, 2.05) is 10.8 Å². The topological polar surface area (TPSA) is 71.4 Å². The highest BCUT2D eigenvalue weighted by molar-refractivity contribution is 5.73. The van der Waals surface area contributed by atoms with Crippen LogP contribution in [0.15, 0.2) is 18.7 Å². The predicted molar refractivity (Wildman–Crippen MR) is 84.7 cm³/mol. The standard InChI is InChI=1S/C15H27N5O2/c1-13-10-20(11-14(2)22-13)9-6-18-15(21)17-4-3-7-19-8-5-16-12-19/h5,8,12-14H,3-4,6-7,9-11H2,1-2H3,(H2,17,18,21). The Morgan fingerprint density at radius 1 is 1.23 bits per heavy atom. The van der Waals surface area contributed by atoms with Gasteiger partial charge in [0, 0.05) is 51.7 Å². The van der Waals surface area contributed by atoms with Crippen LogP contribution in [0.5, 0.6) is 0 Å². The van der Waals surface area contributed by atoms with Crippen LogP contribution in [-0.2, 0) is 11.3 Å². The number of morpholine rings is 1. The second-order valence-corrected chi connectivity index (χ2v) is 5.85. The molecule has 124 valence electrons.